The molecule has 0 radical (unpaired) electrons. The van der Waals surface area contributed by atoms with Crippen molar-refractivity contribution < 1.29 is 14.3 Å². The largest absolute Gasteiger partial charge is 0.393 e. The summed E-state index contributed by atoms with van der Waals surface area (Å²) in [7, 11) is 1.70. The molecule has 2 aromatic rings. The van der Waals surface area contributed by atoms with Gasteiger partial charge in [-0.2, -0.15) is 0 Å². The lowest BCUT2D eigenvalue weighted by Gasteiger charge is -2.13. The van der Waals surface area contributed by atoms with Crippen LogP contribution < -0.4 is 5.32 Å². The Kier molecular flexibility index (Phi) is 4.91. The van der Waals surface area contributed by atoms with Gasteiger partial charge in [-0.25, -0.2) is 9.37 Å². The summed E-state index contributed by atoms with van der Waals surface area (Å²) in [6.07, 6.45) is 3.23. The second-order valence-corrected chi connectivity index (χ2v) is 8.32. The van der Waals surface area contributed by atoms with Crippen LogP contribution in [-0.4, -0.2) is 26.7 Å². The summed E-state index contributed by atoms with van der Waals surface area (Å²) in [6, 6.07) is 4.03. The van der Waals surface area contributed by atoms with Crippen molar-refractivity contribution in [3.8, 4) is 0 Å². The number of anilines is 1. The molecule has 2 fully saturated rings. The summed E-state index contributed by atoms with van der Waals surface area (Å²) in [5.74, 6) is 0.184. The number of nitrogens with one attached hydrogen (secondary N) is 1. The van der Waals surface area contributed by atoms with E-state index in [2.05, 4.69) is 10.3 Å². The third kappa shape index (κ3) is 3.46. The number of benzene rings is 1. The van der Waals surface area contributed by atoms with E-state index in [0.29, 0.717) is 28.9 Å². The number of rotatable bonds is 3. The van der Waals surface area contributed by atoms with Gasteiger partial charge in [0.05, 0.1) is 16.8 Å². The Morgan fingerprint density at radius 3 is 2.56 bits per heavy atom. The molecular weight excluding hydrogens is 392 g/mol. The summed E-state index contributed by atoms with van der Waals surface area (Å²) >= 11 is 12.0. The number of carbonyl (C=O) groups is 1. The standard InChI is InChI=1S/C19H20Cl2FN3O2/c1-25-17(18(27)23-12-2-3-15(22)14(20)8-12)16(24-19(25)21)11-4-9-6-13(26)7-10(9)5-11/h2-3,8-11,13,26H,4-7H2,1H3,(H,23,27). The molecule has 2 atom stereocenters. The first-order valence-electron chi connectivity index (χ1n) is 9.00. The van der Waals surface area contributed by atoms with Crippen LogP contribution in [0.2, 0.25) is 10.3 Å². The van der Waals surface area contributed by atoms with Gasteiger partial charge in [0.1, 0.15) is 11.5 Å². The molecular formula is C19H20Cl2FN3O2. The highest BCUT2D eigenvalue weighted by molar-refractivity contribution is 6.31. The van der Waals surface area contributed by atoms with Crippen LogP contribution in [0.25, 0.3) is 0 Å². The minimum Gasteiger partial charge on any atom is -0.393 e. The van der Waals surface area contributed by atoms with Crippen molar-refractivity contribution in [2.24, 2.45) is 18.9 Å². The molecule has 1 aromatic carbocycles. The van der Waals surface area contributed by atoms with Gasteiger partial charge in [-0.05, 0) is 67.3 Å². The number of imidazole rings is 1. The smallest absolute Gasteiger partial charge is 0.274 e. The zero-order valence-corrected chi connectivity index (χ0v) is 16.3. The first kappa shape index (κ1) is 18.7. The van der Waals surface area contributed by atoms with Crippen LogP contribution in [0.3, 0.4) is 0 Å². The minimum atomic E-state index is -0.543. The fourth-order valence-corrected chi connectivity index (χ4v) is 4.97. The van der Waals surface area contributed by atoms with Crippen molar-refractivity contribution in [2.75, 3.05) is 5.32 Å². The van der Waals surface area contributed by atoms with Crippen molar-refractivity contribution in [2.45, 2.75) is 37.7 Å². The molecule has 0 aliphatic heterocycles. The van der Waals surface area contributed by atoms with Crippen LogP contribution in [0.4, 0.5) is 10.1 Å². The highest BCUT2D eigenvalue weighted by atomic mass is 35.5. The summed E-state index contributed by atoms with van der Waals surface area (Å²) in [6.45, 7) is 0. The Balaban J connectivity index is 1.59. The van der Waals surface area contributed by atoms with Crippen LogP contribution in [0, 0.1) is 17.7 Å². The zero-order chi connectivity index (χ0) is 19.3. The molecule has 1 heterocycles. The molecule has 2 aliphatic carbocycles. The summed E-state index contributed by atoms with van der Waals surface area (Å²) in [5.41, 5.74) is 1.50. The van der Waals surface area contributed by atoms with E-state index in [9.17, 15) is 14.3 Å². The molecule has 2 saturated carbocycles. The van der Waals surface area contributed by atoms with E-state index < -0.39 is 5.82 Å². The summed E-state index contributed by atoms with van der Waals surface area (Å²) in [4.78, 5) is 17.4. The van der Waals surface area contributed by atoms with E-state index in [1.165, 1.54) is 18.2 Å². The van der Waals surface area contributed by atoms with Crippen LogP contribution in [0.5, 0.6) is 0 Å². The van der Waals surface area contributed by atoms with Gasteiger partial charge >= 0.3 is 0 Å². The average Bonchev–Trinajstić information content (AvgIpc) is 3.22. The Bertz CT molecular complexity index is 887. The van der Waals surface area contributed by atoms with Gasteiger partial charge in [0.25, 0.3) is 5.91 Å². The molecule has 2 aliphatic rings. The van der Waals surface area contributed by atoms with Gasteiger partial charge in [-0.15, -0.1) is 0 Å². The Labute approximate surface area is 166 Å². The monoisotopic (exact) mass is 411 g/mol. The molecule has 144 valence electrons. The number of carbonyl (C=O) groups excluding carboxylic acids is 1. The van der Waals surface area contributed by atoms with E-state index in [1.807, 2.05) is 0 Å². The van der Waals surface area contributed by atoms with Crippen LogP contribution in [0.15, 0.2) is 18.2 Å². The average molecular weight is 412 g/mol. The molecule has 2 N–H and O–H groups in total. The molecule has 1 amide bonds. The van der Waals surface area contributed by atoms with E-state index in [-0.39, 0.29) is 28.2 Å². The van der Waals surface area contributed by atoms with Crippen molar-refractivity contribution in [1.29, 1.82) is 0 Å². The number of fused-ring (bicyclic) bond motifs is 1. The molecule has 8 heteroatoms. The fraction of sp³-hybridized carbons (Fsp3) is 0.474. The minimum absolute atomic E-state index is 0.0572. The number of hydrogen-bond acceptors (Lipinski definition) is 3. The first-order valence-corrected chi connectivity index (χ1v) is 9.75. The molecule has 0 saturated heterocycles. The molecule has 4 rings (SSSR count). The van der Waals surface area contributed by atoms with Crippen LogP contribution in [0.1, 0.15) is 47.8 Å². The highest BCUT2D eigenvalue weighted by Crippen LogP contribution is 2.51. The fourth-order valence-electron chi connectivity index (χ4n) is 4.62. The summed E-state index contributed by atoms with van der Waals surface area (Å²) < 4.78 is 14.9. The maximum Gasteiger partial charge on any atom is 0.274 e. The number of aliphatic hydroxyl groups is 1. The molecule has 0 bridgehead atoms. The zero-order valence-electron chi connectivity index (χ0n) is 14.8. The Morgan fingerprint density at radius 1 is 1.26 bits per heavy atom. The quantitative estimate of drug-likeness (QED) is 0.786. The van der Waals surface area contributed by atoms with E-state index in [4.69, 9.17) is 23.2 Å². The number of nitrogens with zero attached hydrogens (tertiary/aromatic N) is 2. The number of aliphatic hydroxyl groups excluding tert-OH is 1. The molecule has 5 nitrogen and oxygen atoms in total. The lowest BCUT2D eigenvalue weighted by Crippen LogP contribution is -2.19. The normalized spacial score (nSPS) is 27.0. The van der Waals surface area contributed by atoms with Gasteiger partial charge in [0.2, 0.25) is 5.28 Å². The van der Waals surface area contributed by atoms with Gasteiger partial charge < -0.3 is 15.0 Å². The predicted molar refractivity (Wildman–Crippen MR) is 102 cm³/mol. The Morgan fingerprint density at radius 2 is 1.93 bits per heavy atom. The van der Waals surface area contributed by atoms with Crippen molar-refractivity contribution >= 4 is 34.8 Å². The van der Waals surface area contributed by atoms with Crippen molar-refractivity contribution in [3.05, 3.63) is 45.7 Å². The van der Waals surface area contributed by atoms with Crippen molar-refractivity contribution in [3.63, 3.8) is 0 Å². The van der Waals surface area contributed by atoms with Crippen LogP contribution in [-0.2, 0) is 7.05 Å². The lowest BCUT2D eigenvalue weighted by atomic mass is 9.97. The molecule has 2 unspecified atom stereocenters. The lowest BCUT2D eigenvalue weighted by molar-refractivity contribution is 0.101. The molecule has 0 spiro atoms. The van der Waals surface area contributed by atoms with Gasteiger partial charge in [0.15, 0.2) is 0 Å². The van der Waals surface area contributed by atoms with E-state index >= 15 is 0 Å². The number of halogens is 3. The predicted octanol–water partition coefficient (Wildman–Crippen LogP) is 4.38. The number of aromatic nitrogens is 2. The second kappa shape index (κ2) is 7.08. The van der Waals surface area contributed by atoms with Gasteiger partial charge in [0, 0.05) is 18.7 Å². The summed E-state index contributed by atoms with van der Waals surface area (Å²) in [5, 5.41) is 12.8. The third-order valence-corrected chi connectivity index (χ3v) is 6.47. The second-order valence-electron chi connectivity index (χ2n) is 7.57. The molecule has 1 aromatic heterocycles. The molecule has 27 heavy (non-hydrogen) atoms. The maximum atomic E-state index is 13.3. The van der Waals surface area contributed by atoms with E-state index in [0.717, 1.165) is 25.7 Å². The van der Waals surface area contributed by atoms with Gasteiger partial charge in [-0.3, -0.25) is 4.79 Å². The Hall–Kier alpha value is -1.63. The SMILES string of the molecule is Cn1c(Cl)nc(C2CC3CC(O)CC3C2)c1C(=O)Nc1ccc(F)c(Cl)c1. The van der Waals surface area contributed by atoms with Crippen LogP contribution >= 0.6 is 23.2 Å². The number of hydrogen-bond donors (Lipinski definition) is 2. The number of amides is 1. The topological polar surface area (TPSA) is 67.1 Å². The van der Waals surface area contributed by atoms with Crippen molar-refractivity contribution in [1.82, 2.24) is 9.55 Å². The van der Waals surface area contributed by atoms with Gasteiger partial charge in [-0.1, -0.05) is 11.6 Å². The highest BCUT2D eigenvalue weighted by Gasteiger charge is 2.43. The maximum absolute atomic E-state index is 13.3. The first-order chi connectivity index (χ1) is 12.8. The van der Waals surface area contributed by atoms with E-state index in [1.54, 1.807) is 11.6 Å². The third-order valence-electron chi connectivity index (χ3n) is 5.84.